The monoisotopic (exact) mass is 242 g/mol. The van der Waals surface area contributed by atoms with Gasteiger partial charge in [0.2, 0.25) is 0 Å². The van der Waals surface area contributed by atoms with E-state index in [4.69, 9.17) is 5.73 Å². The number of ether oxygens (including phenoxy) is 1. The van der Waals surface area contributed by atoms with Crippen molar-refractivity contribution in [2.24, 2.45) is 11.7 Å². The Hall–Kier alpha value is -0.610. The van der Waals surface area contributed by atoms with Crippen molar-refractivity contribution in [2.75, 3.05) is 20.2 Å². The number of hydrogen-bond donors (Lipinski definition) is 1. The summed E-state index contributed by atoms with van der Waals surface area (Å²) in [5.74, 6) is 0.426. The van der Waals surface area contributed by atoms with Gasteiger partial charge in [0.05, 0.1) is 7.11 Å². The second-order valence-corrected chi connectivity index (χ2v) is 5.37. The third-order valence-corrected chi connectivity index (χ3v) is 3.29. The van der Waals surface area contributed by atoms with Crippen LogP contribution in [0.3, 0.4) is 0 Å². The maximum atomic E-state index is 11.2. The smallest absolute Gasteiger partial charge is 0.322 e. The van der Waals surface area contributed by atoms with Gasteiger partial charge in [0.15, 0.2) is 0 Å². The van der Waals surface area contributed by atoms with Gasteiger partial charge < -0.3 is 15.4 Å². The summed E-state index contributed by atoms with van der Waals surface area (Å²) in [6, 6.07) is 0.263. The van der Waals surface area contributed by atoms with E-state index in [1.807, 2.05) is 0 Å². The molecule has 0 bridgehead atoms. The molecule has 1 unspecified atom stereocenters. The van der Waals surface area contributed by atoms with Crippen LogP contribution in [-0.4, -0.2) is 43.2 Å². The Labute approximate surface area is 104 Å². The topological polar surface area (TPSA) is 55.6 Å². The first-order valence-electron chi connectivity index (χ1n) is 6.62. The molecule has 4 heteroatoms. The summed E-state index contributed by atoms with van der Waals surface area (Å²) >= 11 is 0. The average molecular weight is 242 g/mol. The molecule has 0 saturated heterocycles. The lowest BCUT2D eigenvalue weighted by molar-refractivity contribution is -0.142. The maximum Gasteiger partial charge on any atom is 0.322 e. The maximum absolute atomic E-state index is 11.2. The van der Waals surface area contributed by atoms with Gasteiger partial charge in [-0.1, -0.05) is 13.8 Å². The van der Waals surface area contributed by atoms with Gasteiger partial charge in [-0.25, -0.2) is 0 Å². The molecular weight excluding hydrogens is 216 g/mol. The Morgan fingerprint density at radius 1 is 1.35 bits per heavy atom. The molecule has 0 spiro atoms. The number of hydrogen-bond acceptors (Lipinski definition) is 4. The van der Waals surface area contributed by atoms with Crippen LogP contribution < -0.4 is 5.73 Å². The van der Waals surface area contributed by atoms with Crippen molar-refractivity contribution in [3.8, 4) is 0 Å². The molecule has 0 radical (unpaired) electrons. The molecule has 0 amide bonds. The van der Waals surface area contributed by atoms with E-state index in [0.717, 1.165) is 25.0 Å². The number of carbonyl (C=O) groups excluding carboxylic acids is 1. The van der Waals surface area contributed by atoms with Gasteiger partial charge in [-0.2, -0.15) is 0 Å². The van der Waals surface area contributed by atoms with Crippen LogP contribution in [-0.2, 0) is 9.53 Å². The Morgan fingerprint density at radius 3 is 2.41 bits per heavy atom. The number of nitrogens with two attached hydrogens (primary N) is 1. The lowest BCUT2D eigenvalue weighted by Gasteiger charge is -2.23. The van der Waals surface area contributed by atoms with Crippen LogP contribution >= 0.6 is 0 Å². The van der Waals surface area contributed by atoms with Crippen molar-refractivity contribution < 1.29 is 9.53 Å². The molecule has 1 aliphatic carbocycles. The van der Waals surface area contributed by atoms with Gasteiger partial charge in [0, 0.05) is 12.6 Å². The molecule has 0 aliphatic heterocycles. The first-order chi connectivity index (χ1) is 8.04. The van der Waals surface area contributed by atoms with E-state index in [-0.39, 0.29) is 5.97 Å². The molecule has 1 atom stereocenters. The van der Waals surface area contributed by atoms with E-state index in [0.29, 0.717) is 6.42 Å². The minimum atomic E-state index is -0.472. The Balaban J connectivity index is 2.26. The Kier molecular flexibility index (Phi) is 5.92. The molecule has 0 heterocycles. The predicted molar refractivity (Wildman–Crippen MR) is 68.7 cm³/mol. The summed E-state index contributed by atoms with van der Waals surface area (Å²) in [6.45, 7) is 6.51. The van der Waals surface area contributed by atoms with Crippen molar-refractivity contribution in [3.05, 3.63) is 0 Å². The Bertz CT molecular complexity index is 240. The normalized spacial score (nSPS) is 17.5. The third kappa shape index (κ3) is 5.50. The fourth-order valence-electron chi connectivity index (χ4n) is 1.91. The Morgan fingerprint density at radius 2 is 1.94 bits per heavy atom. The highest BCUT2D eigenvalue weighted by molar-refractivity contribution is 5.75. The number of methoxy groups -OCH3 is 1. The van der Waals surface area contributed by atoms with Gasteiger partial charge >= 0.3 is 5.97 Å². The van der Waals surface area contributed by atoms with E-state index in [1.54, 1.807) is 0 Å². The van der Waals surface area contributed by atoms with Crippen molar-refractivity contribution in [1.29, 1.82) is 0 Å². The van der Waals surface area contributed by atoms with Gasteiger partial charge in [-0.05, 0) is 38.1 Å². The van der Waals surface area contributed by atoms with Crippen LogP contribution in [0.15, 0.2) is 0 Å². The molecule has 0 aromatic rings. The quantitative estimate of drug-likeness (QED) is 0.653. The van der Waals surface area contributed by atoms with Crippen LogP contribution in [0.25, 0.3) is 0 Å². The summed E-state index contributed by atoms with van der Waals surface area (Å²) in [5, 5.41) is 0. The lowest BCUT2D eigenvalue weighted by Crippen LogP contribution is -2.37. The molecule has 1 saturated carbocycles. The fourth-order valence-corrected chi connectivity index (χ4v) is 1.91. The van der Waals surface area contributed by atoms with Gasteiger partial charge in [-0.15, -0.1) is 0 Å². The molecule has 1 fully saturated rings. The molecule has 0 aromatic carbocycles. The molecule has 1 aliphatic rings. The van der Waals surface area contributed by atoms with Gasteiger partial charge in [0.25, 0.3) is 0 Å². The second-order valence-electron chi connectivity index (χ2n) is 5.37. The standard InChI is InChI=1S/C13H26N2O2/c1-10(2)6-8-15(11-4-5-11)9-7-12(14)13(16)17-3/h10-12H,4-9,14H2,1-3H3. The number of nitrogens with zero attached hydrogens (tertiary/aromatic N) is 1. The molecule has 2 N–H and O–H groups in total. The van der Waals surface area contributed by atoms with Crippen LogP contribution in [0.5, 0.6) is 0 Å². The zero-order valence-corrected chi connectivity index (χ0v) is 11.3. The summed E-state index contributed by atoms with van der Waals surface area (Å²) in [4.78, 5) is 13.7. The van der Waals surface area contributed by atoms with Crippen LogP contribution in [0.4, 0.5) is 0 Å². The van der Waals surface area contributed by atoms with E-state index < -0.39 is 6.04 Å². The fraction of sp³-hybridized carbons (Fsp3) is 0.923. The molecule has 100 valence electrons. The summed E-state index contributed by atoms with van der Waals surface area (Å²) in [6.07, 6.45) is 4.50. The van der Waals surface area contributed by atoms with Crippen molar-refractivity contribution >= 4 is 5.97 Å². The number of carbonyl (C=O) groups is 1. The highest BCUT2D eigenvalue weighted by Crippen LogP contribution is 2.27. The van der Waals surface area contributed by atoms with Crippen molar-refractivity contribution in [1.82, 2.24) is 4.90 Å². The molecular formula is C13H26N2O2. The summed E-state index contributed by atoms with van der Waals surface area (Å²) in [5.41, 5.74) is 5.75. The highest BCUT2D eigenvalue weighted by atomic mass is 16.5. The summed E-state index contributed by atoms with van der Waals surface area (Å²) in [7, 11) is 1.39. The second kappa shape index (κ2) is 6.97. The van der Waals surface area contributed by atoms with Crippen molar-refractivity contribution in [3.63, 3.8) is 0 Å². The number of rotatable bonds is 8. The zero-order valence-electron chi connectivity index (χ0n) is 11.3. The van der Waals surface area contributed by atoms with E-state index in [1.165, 1.54) is 26.4 Å². The van der Waals surface area contributed by atoms with E-state index in [9.17, 15) is 4.79 Å². The minimum Gasteiger partial charge on any atom is -0.468 e. The third-order valence-electron chi connectivity index (χ3n) is 3.29. The average Bonchev–Trinajstić information content (AvgIpc) is 3.11. The highest BCUT2D eigenvalue weighted by Gasteiger charge is 2.29. The minimum absolute atomic E-state index is 0.301. The SMILES string of the molecule is COC(=O)C(N)CCN(CCC(C)C)C1CC1. The predicted octanol–water partition coefficient (Wildman–Crippen LogP) is 1.39. The number of esters is 1. The van der Waals surface area contributed by atoms with Crippen LogP contribution in [0.2, 0.25) is 0 Å². The zero-order chi connectivity index (χ0) is 12.8. The first kappa shape index (κ1) is 14.5. The summed E-state index contributed by atoms with van der Waals surface area (Å²) < 4.78 is 4.64. The van der Waals surface area contributed by atoms with Crippen LogP contribution in [0.1, 0.15) is 39.5 Å². The van der Waals surface area contributed by atoms with E-state index in [2.05, 4.69) is 23.5 Å². The van der Waals surface area contributed by atoms with E-state index >= 15 is 0 Å². The van der Waals surface area contributed by atoms with Crippen LogP contribution in [0, 0.1) is 5.92 Å². The van der Waals surface area contributed by atoms with Crippen molar-refractivity contribution in [2.45, 2.75) is 51.6 Å². The molecule has 1 rings (SSSR count). The molecule has 4 nitrogen and oxygen atoms in total. The largest absolute Gasteiger partial charge is 0.468 e. The first-order valence-corrected chi connectivity index (χ1v) is 6.62. The van der Waals surface area contributed by atoms with Gasteiger partial charge in [0.1, 0.15) is 6.04 Å². The van der Waals surface area contributed by atoms with Gasteiger partial charge in [-0.3, -0.25) is 4.79 Å². The lowest BCUT2D eigenvalue weighted by atomic mass is 10.1. The molecule has 17 heavy (non-hydrogen) atoms. The molecule has 0 aromatic heterocycles.